The zero-order valence-corrected chi connectivity index (χ0v) is 19.3. The number of benzene rings is 3. The zero-order chi connectivity index (χ0) is 21.3. The fourth-order valence-electron chi connectivity index (χ4n) is 3.30. The lowest BCUT2D eigenvalue weighted by Gasteiger charge is -2.08. The molecule has 2 atom stereocenters. The summed E-state index contributed by atoms with van der Waals surface area (Å²) in [7, 11) is 0. The van der Waals surface area contributed by atoms with E-state index in [4.69, 9.17) is 39.6 Å². The van der Waals surface area contributed by atoms with Crippen molar-refractivity contribution in [3.05, 3.63) is 103 Å². The average molecular weight is 524 g/mol. The lowest BCUT2D eigenvalue weighted by molar-refractivity contribution is 0.0515. The van der Waals surface area contributed by atoms with Crippen LogP contribution >= 0.6 is 50.7 Å². The van der Waals surface area contributed by atoms with Crippen molar-refractivity contribution in [2.24, 2.45) is 11.1 Å². The molecule has 0 amide bonds. The molecule has 1 saturated carbocycles. The van der Waals surface area contributed by atoms with Gasteiger partial charge in [-0.25, -0.2) is 4.79 Å². The molecular formula is C23H15BrCl3NO2. The summed E-state index contributed by atoms with van der Waals surface area (Å²) in [5.74, 6) is -0.144. The van der Waals surface area contributed by atoms with Crippen molar-refractivity contribution in [1.29, 1.82) is 0 Å². The van der Waals surface area contributed by atoms with Gasteiger partial charge >= 0.3 is 5.97 Å². The monoisotopic (exact) mass is 521 g/mol. The molecule has 4 rings (SSSR count). The van der Waals surface area contributed by atoms with Gasteiger partial charge in [-0.3, -0.25) is 0 Å². The molecular weight excluding hydrogens is 509 g/mol. The smallest absolute Gasteiger partial charge is 0.313 e. The van der Waals surface area contributed by atoms with Crippen molar-refractivity contribution in [3.8, 4) is 0 Å². The number of halogens is 4. The quantitative estimate of drug-likeness (QED) is 0.195. The predicted octanol–water partition coefficient (Wildman–Crippen LogP) is 7.77. The van der Waals surface area contributed by atoms with Crippen LogP contribution in [0.3, 0.4) is 0 Å². The second kappa shape index (κ2) is 9.11. The summed E-state index contributed by atoms with van der Waals surface area (Å²) in [6, 6.07) is 20.2. The number of carbonyl (C=O) groups excluding carboxylic acids is 1. The number of oxime groups is 1. The van der Waals surface area contributed by atoms with E-state index >= 15 is 0 Å². The Kier molecular flexibility index (Phi) is 6.49. The molecule has 0 N–H and O–H groups in total. The number of hydrogen-bond donors (Lipinski definition) is 0. The maximum absolute atomic E-state index is 12.5. The third-order valence-electron chi connectivity index (χ3n) is 4.96. The minimum Gasteiger partial charge on any atom is -0.313 e. The van der Waals surface area contributed by atoms with Crippen molar-refractivity contribution in [3.63, 3.8) is 0 Å². The van der Waals surface area contributed by atoms with Gasteiger partial charge in [0, 0.05) is 15.4 Å². The Labute approximate surface area is 197 Å². The molecule has 3 nitrogen and oxygen atoms in total. The Bertz CT molecular complexity index is 1110. The SMILES string of the molecule is O=C(ON=C(c1ccc(Br)cc1)C1CC1c1ccc(Cl)cc1)c1ccc(Cl)c(Cl)c1. The van der Waals surface area contributed by atoms with Gasteiger partial charge in [0.25, 0.3) is 0 Å². The van der Waals surface area contributed by atoms with E-state index in [1.54, 1.807) is 12.1 Å². The first-order chi connectivity index (χ1) is 14.4. The van der Waals surface area contributed by atoms with E-state index in [9.17, 15) is 4.79 Å². The van der Waals surface area contributed by atoms with Crippen LogP contribution in [0.2, 0.25) is 15.1 Å². The second-order valence-corrected chi connectivity index (χ2v) is 9.16. The third kappa shape index (κ3) is 4.89. The maximum Gasteiger partial charge on any atom is 0.365 e. The molecule has 0 saturated heterocycles. The molecule has 0 aromatic heterocycles. The molecule has 152 valence electrons. The molecule has 3 aromatic carbocycles. The topological polar surface area (TPSA) is 38.7 Å². The standard InChI is InChI=1S/C23H15BrCl3NO2/c24-16-6-1-14(2-7-16)22(19-12-18(19)13-3-8-17(25)9-4-13)28-30-23(29)15-5-10-20(26)21(27)11-15/h1-11,18-19H,12H2. The first kappa shape index (κ1) is 21.4. The van der Waals surface area contributed by atoms with Crippen molar-refractivity contribution in [2.45, 2.75) is 12.3 Å². The van der Waals surface area contributed by atoms with Crippen molar-refractivity contribution in [1.82, 2.24) is 0 Å². The van der Waals surface area contributed by atoms with Crippen LogP contribution in [-0.4, -0.2) is 11.7 Å². The van der Waals surface area contributed by atoms with Gasteiger partial charge in [-0.2, -0.15) is 0 Å². The van der Waals surface area contributed by atoms with E-state index in [2.05, 4.69) is 21.1 Å². The summed E-state index contributed by atoms with van der Waals surface area (Å²) < 4.78 is 0.962. The summed E-state index contributed by atoms with van der Waals surface area (Å²) >= 11 is 21.4. The van der Waals surface area contributed by atoms with Crippen LogP contribution in [0.4, 0.5) is 0 Å². The fourth-order valence-corrected chi connectivity index (χ4v) is 3.99. The fraction of sp³-hybridized carbons (Fsp3) is 0.130. The summed E-state index contributed by atoms with van der Waals surface area (Å²) in [6.45, 7) is 0. The van der Waals surface area contributed by atoms with Gasteiger partial charge in [0.15, 0.2) is 0 Å². The highest BCUT2D eigenvalue weighted by Crippen LogP contribution is 2.49. The molecule has 1 aliphatic rings. The maximum atomic E-state index is 12.5. The third-order valence-corrected chi connectivity index (χ3v) is 6.48. The molecule has 2 unspecified atom stereocenters. The highest BCUT2D eigenvalue weighted by Gasteiger charge is 2.43. The molecule has 1 aliphatic carbocycles. The van der Waals surface area contributed by atoms with Gasteiger partial charge in [0.05, 0.1) is 21.3 Å². The lowest BCUT2D eigenvalue weighted by Crippen LogP contribution is -2.09. The zero-order valence-electron chi connectivity index (χ0n) is 15.5. The van der Waals surface area contributed by atoms with E-state index in [0.717, 1.165) is 22.2 Å². The number of nitrogens with zero attached hydrogens (tertiary/aromatic N) is 1. The molecule has 0 heterocycles. The van der Waals surface area contributed by atoms with Crippen LogP contribution in [0.15, 0.2) is 76.4 Å². The summed E-state index contributed by atoms with van der Waals surface area (Å²) in [4.78, 5) is 17.8. The Morgan fingerprint density at radius 1 is 0.900 bits per heavy atom. The Balaban J connectivity index is 1.59. The Hall–Kier alpha value is -1.85. The highest BCUT2D eigenvalue weighted by atomic mass is 79.9. The van der Waals surface area contributed by atoms with E-state index in [0.29, 0.717) is 16.0 Å². The number of rotatable bonds is 5. The minimum atomic E-state index is -0.591. The normalized spacial score (nSPS) is 18.2. The first-order valence-electron chi connectivity index (χ1n) is 9.18. The molecule has 0 bridgehead atoms. The predicted molar refractivity (Wildman–Crippen MR) is 125 cm³/mol. The number of carbonyl (C=O) groups is 1. The minimum absolute atomic E-state index is 0.147. The number of hydrogen-bond acceptors (Lipinski definition) is 3. The van der Waals surface area contributed by atoms with E-state index in [1.807, 2.05) is 48.5 Å². The van der Waals surface area contributed by atoms with Crippen LogP contribution < -0.4 is 0 Å². The van der Waals surface area contributed by atoms with Crippen molar-refractivity contribution >= 4 is 62.4 Å². The molecule has 1 fully saturated rings. The summed E-state index contributed by atoms with van der Waals surface area (Å²) in [6.07, 6.45) is 0.918. The largest absolute Gasteiger partial charge is 0.365 e. The molecule has 7 heteroatoms. The molecule has 0 spiro atoms. The molecule has 0 aliphatic heterocycles. The average Bonchev–Trinajstić information content (AvgIpc) is 3.52. The van der Waals surface area contributed by atoms with Crippen LogP contribution in [-0.2, 0) is 4.84 Å². The van der Waals surface area contributed by atoms with Crippen LogP contribution in [0.5, 0.6) is 0 Å². The van der Waals surface area contributed by atoms with Crippen LogP contribution in [0, 0.1) is 5.92 Å². The lowest BCUT2D eigenvalue weighted by atomic mass is 10.0. The summed E-state index contributed by atoms with van der Waals surface area (Å²) in [5, 5.41) is 5.62. The van der Waals surface area contributed by atoms with E-state index in [1.165, 1.54) is 11.6 Å². The van der Waals surface area contributed by atoms with Gasteiger partial charge in [-0.15, -0.1) is 0 Å². The summed E-state index contributed by atoms with van der Waals surface area (Å²) in [5.41, 5.74) is 3.11. The highest BCUT2D eigenvalue weighted by molar-refractivity contribution is 9.10. The van der Waals surface area contributed by atoms with Gasteiger partial charge in [-0.1, -0.05) is 80.2 Å². The second-order valence-electron chi connectivity index (χ2n) is 6.99. The Morgan fingerprint density at radius 3 is 2.23 bits per heavy atom. The Morgan fingerprint density at radius 2 is 1.57 bits per heavy atom. The van der Waals surface area contributed by atoms with Crippen molar-refractivity contribution in [2.75, 3.05) is 0 Å². The van der Waals surface area contributed by atoms with Crippen molar-refractivity contribution < 1.29 is 9.63 Å². The molecule has 0 radical (unpaired) electrons. The van der Waals surface area contributed by atoms with E-state index < -0.39 is 5.97 Å². The van der Waals surface area contributed by atoms with Gasteiger partial charge in [0.1, 0.15) is 0 Å². The van der Waals surface area contributed by atoms with Gasteiger partial charge < -0.3 is 4.84 Å². The molecule has 3 aromatic rings. The van der Waals surface area contributed by atoms with Gasteiger partial charge in [0.2, 0.25) is 0 Å². The molecule has 30 heavy (non-hydrogen) atoms. The van der Waals surface area contributed by atoms with Crippen LogP contribution in [0.25, 0.3) is 0 Å². The van der Waals surface area contributed by atoms with E-state index in [-0.39, 0.29) is 16.5 Å². The first-order valence-corrected chi connectivity index (χ1v) is 11.1. The van der Waals surface area contributed by atoms with Crippen LogP contribution in [0.1, 0.15) is 33.8 Å². The van der Waals surface area contributed by atoms with Gasteiger partial charge in [-0.05, 0) is 65.9 Å².